The lowest BCUT2D eigenvalue weighted by molar-refractivity contribution is 0.0128. The Labute approximate surface area is 171 Å². The molecule has 0 fully saturated rings. The highest BCUT2D eigenvalue weighted by Crippen LogP contribution is 2.33. The Morgan fingerprint density at radius 2 is 1.87 bits per heavy atom. The number of hydrogen-bond donors (Lipinski definition) is 0. The number of rotatable bonds is 5. The maximum absolute atomic E-state index is 13.4. The van der Waals surface area contributed by atoms with Crippen LogP contribution in [-0.2, 0) is 12.5 Å². The van der Waals surface area contributed by atoms with E-state index in [9.17, 15) is 13.6 Å². The molecular weight excluding hydrogens is 394 g/mol. The van der Waals surface area contributed by atoms with Crippen LogP contribution in [0.5, 0.6) is 11.6 Å². The third-order valence-electron chi connectivity index (χ3n) is 4.79. The molecule has 4 rings (SSSR count). The number of halogens is 2. The normalized spacial score (nSPS) is 13.4. The van der Waals surface area contributed by atoms with Crippen LogP contribution in [0.4, 0.5) is 14.5 Å². The molecule has 0 atom stereocenters. The van der Waals surface area contributed by atoms with Crippen molar-refractivity contribution in [1.29, 1.82) is 0 Å². The first kappa shape index (κ1) is 19.7. The first-order valence-electron chi connectivity index (χ1n) is 9.06. The lowest BCUT2D eigenvalue weighted by atomic mass is 10.1. The van der Waals surface area contributed by atoms with E-state index in [0.717, 1.165) is 6.92 Å². The molecule has 1 amide bonds. The van der Waals surface area contributed by atoms with Crippen molar-refractivity contribution in [1.82, 2.24) is 15.0 Å². The second kappa shape index (κ2) is 7.33. The Morgan fingerprint density at radius 3 is 2.50 bits per heavy atom. The summed E-state index contributed by atoms with van der Waals surface area (Å²) in [5.74, 6) is -2.47. The van der Waals surface area contributed by atoms with Gasteiger partial charge in [-0.3, -0.25) is 14.8 Å². The van der Waals surface area contributed by atoms with Crippen molar-refractivity contribution in [3.05, 3.63) is 59.7 Å². The molecule has 3 aromatic heterocycles. The minimum Gasteiger partial charge on any atom is -0.491 e. The third kappa shape index (κ3) is 3.42. The highest BCUT2D eigenvalue weighted by Gasteiger charge is 2.31. The summed E-state index contributed by atoms with van der Waals surface area (Å²) in [7, 11) is 3.02. The first-order valence-corrected chi connectivity index (χ1v) is 9.06. The molecule has 0 aromatic carbocycles. The van der Waals surface area contributed by atoms with Gasteiger partial charge in [0.2, 0.25) is 0 Å². The Morgan fingerprint density at radius 1 is 1.07 bits per heavy atom. The van der Waals surface area contributed by atoms with Gasteiger partial charge in [0.25, 0.3) is 17.7 Å². The summed E-state index contributed by atoms with van der Waals surface area (Å²) in [6, 6.07) is 7.85. The summed E-state index contributed by atoms with van der Waals surface area (Å²) in [6.45, 7) is 0.993. The van der Waals surface area contributed by atoms with E-state index in [0.29, 0.717) is 39.8 Å². The molecule has 0 unspecified atom stereocenters. The Kier molecular flexibility index (Phi) is 4.81. The number of amides is 1. The fourth-order valence-electron chi connectivity index (χ4n) is 3.23. The van der Waals surface area contributed by atoms with Crippen molar-refractivity contribution in [2.75, 3.05) is 19.1 Å². The van der Waals surface area contributed by atoms with Gasteiger partial charge in [0, 0.05) is 18.7 Å². The van der Waals surface area contributed by atoms with E-state index in [1.807, 2.05) is 0 Å². The van der Waals surface area contributed by atoms with Gasteiger partial charge in [-0.1, -0.05) is 0 Å². The topological polar surface area (TPSA) is 77.4 Å². The molecule has 0 saturated carbocycles. The summed E-state index contributed by atoms with van der Waals surface area (Å²) in [4.78, 5) is 26.8. The molecular formula is C21H18F2N4O3. The summed E-state index contributed by atoms with van der Waals surface area (Å²) in [6.07, 6.45) is 2.88. The van der Waals surface area contributed by atoms with E-state index >= 15 is 0 Å². The van der Waals surface area contributed by atoms with E-state index in [4.69, 9.17) is 9.47 Å². The number of fused-ring (bicyclic) bond motifs is 1. The molecule has 154 valence electrons. The second-order valence-corrected chi connectivity index (χ2v) is 6.81. The Balaban J connectivity index is 1.63. The van der Waals surface area contributed by atoms with Crippen molar-refractivity contribution >= 4 is 11.6 Å². The van der Waals surface area contributed by atoms with Gasteiger partial charge >= 0.3 is 0 Å². The van der Waals surface area contributed by atoms with E-state index in [1.54, 1.807) is 24.4 Å². The zero-order chi connectivity index (χ0) is 21.5. The number of methoxy groups -OCH3 is 2. The monoisotopic (exact) mass is 412 g/mol. The maximum Gasteiger partial charge on any atom is 0.286 e. The molecule has 0 bridgehead atoms. The number of carbonyl (C=O) groups excluding carboxylic acids is 1. The van der Waals surface area contributed by atoms with Crippen molar-refractivity contribution in [2.45, 2.75) is 19.4 Å². The molecule has 0 N–H and O–H groups in total. The molecule has 0 spiro atoms. The molecule has 0 saturated heterocycles. The molecule has 3 aromatic rings. The van der Waals surface area contributed by atoms with Crippen LogP contribution in [0.2, 0.25) is 0 Å². The largest absolute Gasteiger partial charge is 0.491 e. The van der Waals surface area contributed by atoms with Crippen LogP contribution in [0.15, 0.2) is 42.7 Å². The Hall–Kier alpha value is -3.62. The number of ether oxygens (including phenoxy) is 2. The fraction of sp³-hybridized carbons (Fsp3) is 0.238. The van der Waals surface area contributed by atoms with Gasteiger partial charge in [0.15, 0.2) is 5.75 Å². The van der Waals surface area contributed by atoms with Crippen LogP contribution in [0.3, 0.4) is 0 Å². The summed E-state index contributed by atoms with van der Waals surface area (Å²) in [5.41, 5.74) is 2.44. The van der Waals surface area contributed by atoms with Gasteiger partial charge in [-0.15, -0.1) is 0 Å². The van der Waals surface area contributed by atoms with Gasteiger partial charge in [0.1, 0.15) is 5.69 Å². The van der Waals surface area contributed by atoms with Crippen molar-refractivity contribution < 1.29 is 23.0 Å². The van der Waals surface area contributed by atoms with Crippen molar-refractivity contribution in [3.63, 3.8) is 0 Å². The third-order valence-corrected chi connectivity index (χ3v) is 4.79. The lowest BCUT2D eigenvalue weighted by Crippen LogP contribution is -2.23. The average Bonchev–Trinajstić information content (AvgIpc) is 3.08. The minimum atomic E-state index is -3.04. The van der Waals surface area contributed by atoms with E-state index in [-0.39, 0.29) is 18.1 Å². The average molecular weight is 412 g/mol. The maximum atomic E-state index is 13.4. The van der Waals surface area contributed by atoms with Crippen LogP contribution >= 0.6 is 0 Å². The molecule has 4 heterocycles. The van der Waals surface area contributed by atoms with Crippen LogP contribution in [0.25, 0.3) is 11.3 Å². The molecule has 1 aliphatic heterocycles. The minimum absolute atomic E-state index is 0.215. The number of carbonyl (C=O) groups is 1. The SMILES string of the molecule is COc1cc(-c2ccc3c(n2)CN(c2ccc(C(C)(F)F)nc2)C3=O)cnc1OC. The number of aromatic nitrogens is 3. The van der Waals surface area contributed by atoms with Crippen molar-refractivity contribution in [3.8, 4) is 22.9 Å². The number of anilines is 1. The summed E-state index contributed by atoms with van der Waals surface area (Å²) >= 11 is 0. The van der Waals surface area contributed by atoms with Gasteiger partial charge in [-0.2, -0.15) is 8.78 Å². The van der Waals surface area contributed by atoms with Gasteiger partial charge in [-0.05, 0) is 30.3 Å². The van der Waals surface area contributed by atoms with Gasteiger partial charge < -0.3 is 14.4 Å². The molecule has 0 aliphatic carbocycles. The predicted octanol–water partition coefficient (Wildman–Crippen LogP) is 3.83. The predicted molar refractivity (Wildman–Crippen MR) is 105 cm³/mol. The Bertz CT molecular complexity index is 1110. The zero-order valence-electron chi connectivity index (χ0n) is 16.5. The van der Waals surface area contributed by atoms with E-state index in [1.165, 1.54) is 37.4 Å². The molecule has 9 heteroatoms. The lowest BCUT2D eigenvalue weighted by Gasteiger charge is -2.16. The summed E-state index contributed by atoms with van der Waals surface area (Å²) in [5, 5.41) is 0. The van der Waals surface area contributed by atoms with Crippen LogP contribution in [0.1, 0.15) is 28.7 Å². The van der Waals surface area contributed by atoms with Gasteiger partial charge in [0.05, 0.1) is 49.6 Å². The molecule has 0 radical (unpaired) electrons. The standard InChI is InChI=1S/C21H18F2N4O3/c1-21(22,23)18-7-4-13(10-24-18)27-11-16-14(20(27)28)5-6-15(26-16)12-8-17(29-2)19(30-3)25-9-12/h4-10H,11H2,1-3H3. The highest BCUT2D eigenvalue weighted by atomic mass is 19.3. The number of pyridine rings is 3. The van der Waals surface area contributed by atoms with E-state index in [2.05, 4.69) is 15.0 Å². The first-order chi connectivity index (χ1) is 14.3. The molecule has 30 heavy (non-hydrogen) atoms. The quantitative estimate of drug-likeness (QED) is 0.634. The van der Waals surface area contributed by atoms with Crippen LogP contribution < -0.4 is 14.4 Å². The van der Waals surface area contributed by atoms with Crippen LogP contribution in [-0.4, -0.2) is 35.1 Å². The zero-order valence-corrected chi connectivity index (χ0v) is 16.5. The number of nitrogens with zero attached hydrogens (tertiary/aromatic N) is 4. The molecule has 7 nitrogen and oxygen atoms in total. The molecule has 1 aliphatic rings. The van der Waals surface area contributed by atoms with Gasteiger partial charge in [-0.25, -0.2) is 4.98 Å². The highest BCUT2D eigenvalue weighted by molar-refractivity contribution is 6.09. The number of hydrogen-bond acceptors (Lipinski definition) is 6. The fourth-order valence-corrected chi connectivity index (χ4v) is 3.23. The smallest absolute Gasteiger partial charge is 0.286 e. The number of alkyl halides is 2. The van der Waals surface area contributed by atoms with Crippen molar-refractivity contribution in [2.24, 2.45) is 0 Å². The van der Waals surface area contributed by atoms with Crippen LogP contribution in [0, 0.1) is 0 Å². The second-order valence-electron chi connectivity index (χ2n) is 6.81. The van der Waals surface area contributed by atoms with E-state index < -0.39 is 5.92 Å². The summed E-state index contributed by atoms with van der Waals surface area (Å²) < 4.78 is 37.2.